The zero-order valence-corrected chi connectivity index (χ0v) is 12.8. The fraction of sp³-hybridized carbons (Fsp3) is 1.00. The topological polar surface area (TPSA) is 0 Å². The van der Waals surface area contributed by atoms with Gasteiger partial charge in [-0.3, -0.25) is 0 Å². The van der Waals surface area contributed by atoms with Gasteiger partial charge < -0.3 is 0 Å². The molecule has 0 aliphatic rings. The van der Waals surface area contributed by atoms with Crippen molar-refractivity contribution < 1.29 is 0 Å². The summed E-state index contributed by atoms with van der Waals surface area (Å²) in [6.07, 6.45) is 8.09. The van der Waals surface area contributed by atoms with Gasteiger partial charge in [0.1, 0.15) is 0 Å². The van der Waals surface area contributed by atoms with Gasteiger partial charge in [-0.2, -0.15) is 0 Å². The van der Waals surface area contributed by atoms with Crippen molar-refractivity contribution in [3.05, 3.63) is 0 Å². The lowest BCUT2D eigenvalue weighted by atomic mass is 9.71. The van der Waals surface area contributed by atoms with Crippen LogP contribution in [0.15, 0.2) is 0 Å². The summed E-state index contributed by atoms with van der Waals surface area (Å²) in [5, 5.41) is 0. The highest BCUT2D eigenvalue weighted by Gasteiger charge is 2.27. The first-order chi connectivity index (χ1) is 7.34. The van der Waals surface area contributed by atoms with Crippen molar-refractivity contribution in [1.29, 1.82) is 0 Å². The van der Waals surface area contributed by atoms with Crippen LogP contribution in [0.2, 0.25) is 0 Å². The van der Waals surface area contributed by atoms with Crippen LogP contribution in [0.3, 0.4) is 0 Å². The van der Waals surface area contributed by atoms with Crippen molar-refractivity contribution in [1.82, 2.24) is 0 Å². The summed E-state index contributed by atoms with van der Waals surface area (Å²) in [5.41, 5.74) is 1.14. The minimum absolute atomic E-state index is 0.571. The highest BCUT2D eigenvalue weighted by Crippen LogP contribution is 2.40. The molecule has 0 nitrogen and oxygen atoms in total. The van der Waals surface area contributed by atoms with Gasteiger partial charge in [0.15, 0.2) is 0 Å². The largest absolute Gasteiger partial charge is 0.0649 e. The van der Waals surface area contributed by atoms with Crippen LogP contribution < -0.4 is 0 Å². The van der Waals surface area contributed by atoms with Crippen LogP contribution in [0.5, 0.6) is 0 Å². The summed E-state index contributed by atoms with van der Waals surface area (Å²) in [6, 6.07) is 0. The van der Waals surface area contributed by atoms with Gasteiger partial charge in [-0.25, -0.2) is 0 Å². The normalized spacial score (nSPS) is 13.5. The Labute approximate surface area is 104 Å². The van der Waals surface area contributed by atoms with E-state index < -0.39 is 0 Å². The van der Waals surface area contributed by atoms with E-state index in [9.17, 15) is 0 Å². The third kappa shape index (κ3) is 4.89. The lowest BCUT2D eigenvalue weighted by Crippen LogP contribution is -2.23. The van der Waals surface area contributed by atoms with Gasteiger partial charge in [0.05, 0.1) is 0 Å². The summed E-state index contributed by atoms with van der Waals surface area (Å²) in [7, 11) is 0. The first kappa shape index (κ1) is 16.0. The molecule has 0 aromatic carbocycles. The Bertz CT molecular complexity index is 152. The first-order valence-electron chi connectivity index (χ1n) is 7.34. The van der Waals surface area contributed by atoms with Crippen molar-refractivity contribution in [2.24, 2.45) is 16.7 Å². The van der Waals surface area contributed by atoms with E-state index in [1.165, 1.54) is 38.5 Å². The fourth-order valence-electron chi connectivity index (χ4n) is 2.83. The highest BCUT2D eigenvalue weighted by molar-refractivity contribution is 4.79. The third-order valence-electron chi connectivity index (χ3n) is 5.10. The molecule has 0 heterocycles. The van der Waals surface area contributed by atoms with Gasteiger partial charge in [-0.05, 0) is 29.6 Å². The van der Waals surface area contributed by atoms with E-state index in [-0.39, 0.29) is 0 Å². The zero-order valence-electron chi connectivity index (χ0n) is 12.8. The maximum Gasteiger partial charge on any atom is -0.0329 e. The summed E-state index contributed by atoms with van der Waals surface area (Å²) >= 11 is 0. The Kier molecular flexibility index (Phi) is 6.67. The van der Waals surface area contributed by atoms with Gasteiger partial charge in [-0.1, -0.05) is 74.1 Å². The second-order valence-corrected chi connectivity index (χ2v) is 6.55. The van der Waals surface area contributed by atoms with E-state index in [4.69, 9.17) is 0 Å². The Balaban J connectivity index is 4.31. The molecule has 0 bridgehead atoms. The van der Waals surface area contributed by atoms with Crippen LogP contribution in [-0.2, 0) is 0 Å². The molecule has 0 fully saturated rings. The summed E-state index contributed by atoms with van der Waals surface area (Å²) in [5.74, 6) is 0.870. The van der Waals surface area contributed by atoms with Crippen LogP contribution in [0.1, 0.15) is 87.0 Å². The molecule has 0 atom stereocenters. The predicted molar refractivity (Wildman–Crippen MR) is 75.8 cm³/mol. The molecule has 0 aromatic heterocycles. The minimum Gasteiger partial charge on any atom is -0.0649 e. The standard InChI is InChI=1S/C16H34/c1-8-15(6,9-2)12-14(5)13-16(7,10-3)11-4/h14H,8-13H2,1-7H3. The van der Waals surface area contributed by atoms with E-state index in [1.54, 1.807) is 0 Å². The van der Waals surface area contributed by atoms with Gasteiger partial charge in [0.2, 0.25) is 0 Å². The molecular weight excluding hydrogens is 192 g/mol. The second kappa shape index (κ2) is 6.67. The Morgan fingerprint density at radius 1 is 0.688 bits per heavy atom. The first-order valence-corrected chi connectivity index (χ1v) is 7.34. The molecule has 0 spiro atoms. The molecular formula is C16H34. The highest BCUT2D eigenvalue weighted by atomic mass is 14.3. The number of rotatable bonds is 8. The fourth-order valence-corrected chi connectivity index (χ4v) is 2.83. The van der Waals surface area contributed by atoms with Crippen molar-refractivity contribution in [3.8, 4) is 0 Å². The Morgan fingerprint density at radius 3 is 1.12 bits per heavy atom. The quantitative estimate of drug-likeness (QED) is 0.472. The zero-order chi connectivity index (χ0) is 12.8. The molecule has 0 N–H and O–H groups in total. The maximum atomic E-state index is 2.46. The van der Waals surface area contributed by atoms with Gasteiger partial charge in [0, 0.05) is 0 Å². The van der Waals surface area contributed by atoms with Gasteiger partial charge >= 0.3 is 0 Å². The molecule has 0 radical (unpaired) electrons. The van der Waals surface area contributed by atoms with E-state index in [0.29, 0.717) is 10.8 Å². The smallest absolute Gasteiger partial charge is 0.0329 e. The van der Waals surface area contributed by atoms with Crippen LogP contribution in [-0.4, -0.2) is 0 Å². The summed E-state index contributed by atoms with van der Waals surface area (Å²) in [4.78, 5) is 0. The minimum atomic E-state index is 0.571. The molecule has 0 aliphatic heterocycles. The van der Waals surface area contributed by atoms with E-state index >= 15 is 0 Å². The number of hydrogen-bond acceptors (Lipinski definition) is 0. The number of hydrogen-bond donors (Lipinski definition) is 0. The molecule has 0 unspecified atom stereocenters. The van der Waals surface area contributed by atoms with Crippen LogP contribution in [0, 0.1) is 16.7 Å². The molecule has 0 saturated carbocycles. The maximum absolute atomic E-state index is 2.46. The van der Waals surface area contributed by atoms with Crippen LogP contribution in [0.4, 0.5) is 0 Å². The van der Waals surface area contributed by atoms with Crippen molar-refractivity contribution >= 4 is 0 Å². The molecule has 98 valence electrons. The molecule has 0 rings (SSSR count). The lowest BCUT2D eigenvalue weighted by molar-refractivity contribution is 0.165. The predicted octanol–water partition coefficient (Wildman–Crippen LogP) is 6.06. The molecule has 0 saturated heterocycles. The van der Waals surface area contributed by atoms with Crippen molar-refractivity contribution in [2.45, 2.75) is 87.0 Å². The average Bonchev–Trinajstić information content (AvgIpc) is 2.28. The average molecular weight is 226 g/mol. The van der Waals surface area contributed by atoms with E-state index in [0.717, 1.165) is 5.92 Å². The SMILES string of the molecule is CCC(C)(CC)CC(C)CC(C)(CC)CC. The molecule has 0 aromatic rings. The molecule has 0 amide bonds. The molecule has 16 heavy (non-hydrogen) atoms. The van der Waals surface area contributed by atoms with Crippen molar-refractivity contribution in [2.75, 3.05) is 0 Å². The third-order valence-corrected chi connectivity index (χ3v) is 5.10. The van der Waals surface area contributed by atoms with Crippen LogP contribution >= 0.6 is 0 Å². The Morgan fingerprint density at radius 2 is 0.938 bits per heavy atom. The monoisotopic (exact) mass is 226 g/mol. The van der Waals surface area contributed by atoms with Gasteiger partial charge in [0.25, 0.3) is 0 Å². The van der Waals surface area contributed by atoms with E-state index in [2.05, 4.69) is 48.5 Å². The van der Waals surface area contributed by atoms with E-state index in [1.807, 2.05) is 0 Å². The molecule has 0 heteroatoms. The lowest BCUT2D eigenvalue weighted by Gasteiger charge is -2.35. The van der Waals surface area contributed by atoms with Gasteiger partial charge in [-0.15, -0.1) is 0 Å². The Hall–Kier alpha value is 0. The summed E-state index contributed by atoms with van der Waals surface area (Å²) < 4.78 is 0. The van der Waals surface area contributed by atoms with Crippen molar-refractivity contribution in [3.63, 3.8) is 0 Å². The molecule has 0 aliphatic carbocycles. The second-order valence-electron chi connectivity index (χ2n) is 6.55. The van der Waals surface area contributed by atoms with Crippen LogP contribution in [0.25, 0.3) is 0 Å². The summed E-state index contributed by atoms with van der Waals surface area (Å²) in [6.45, 7) is 16.7.